The maximum absolute atomic E-state index is 4.28. The Bertz CT molecular complexity index is 312. The number of hydrogen-bond donors (Lipinski definition) is 1. The van der Waals surface area contributed by atoms with Crippen molar-refractivity contribution in [3.8, 4) is 0 Å². The average molecular weight is 367 g/mol. The van der Waals surface area contributed by atoms with E-state index >= 15 is 0 Å². The highest BCUT2D eigenvalue weighted by Crippen LogP contribution is 2.07. The minimum Gasteiger partial charge on any atom is -0.351 e. The lowest BCUT2D eigenvalue weighted by molar-refractivity contribution is 0.465. The van der Waals surface area contributed by atoms with Gasteiger partial charge in [-0.1, -0.05) is 19.4 Å². The molecule has 0 aliphatic heterocycles. The molecule has 0 fully saturated rings. The van der Waals surface area contributed by atoms with Crippen LogP contribution >= 0.6 is 35.3 Å². The summed E-state index contributed by atoms with van der Waals surface area (Å²) in [6, 6.07) is 4.21. The van der Waals surface area contributed by atoms with Crippen LogP contribution in [0.25, 0.3) is 0 Å². The molecule has 0 radical (unpaired) electrons. The molecule has 17 heavy (non-hydrogen) atoms. The zero-order valence-corrected chi connectivity index (χ0v) is 13.9. The number of thiophene rings is 1. The summed E-state index contributed by atoms with van der Waals surface area (Å²) in [5.41, 5.74) is 0. The maximum atomic E-state index is 4.28. The van der Waals surface area contributed by atoms with E-state index in [1.807, 2.05) is 7.05 Å². The fourth-order valence-corrected chi connectivity index (χ4v) is 2.11. The van der Waals surface area contributed by atoms with Crippen molar-refractivity contribution in [2.75, 3.05) is 20.6 Å². The molecule has 0 atom stereocenters. The van der Waals surface area contributed by atoms with Crippen LogP contribution in [-0.2, 0) is 6.54 Å². The van der Waals surface area contributed by atoms with E-state index in [1.165, 1.54) is 17.7 Å². The number of aliphatic imine (C=N–C) groups is 1. The third kappa shape index (κ3) is 6.26. The van der Waals surface area contributed by atoms with E-state index in [1.54, 1.807) is 11.3 Å². The predicted octanol–water partition coefficient (Wildman–Crippen LogP) is 3.17. The van der Waals surface area contributed by atoms with Crippen molar-refractivity contribution in [3.63, 3.8) is 0 Å². The third-order valence-corrected chi connectivity index (χ3v) is 3.30. The Hall–Kier alpha value is -0.300. The second kappa shape index (κ2) is 9.70. The Morgan fingerprint density at radius 3 is 2.82 bits per heavy atom. The number of guanidine groups is 1. The molecule has 1 N–H and O–H groups in total. The summed E-state index contributed by atoms with van der Waals surface area (Å²) in [6.45, 7) is 4.12. The molecule has 0 unspecified atom stereocenters. The summed E-state index contributed by atoms with van der Waals surface area (Å²) in [5.74, 6) is 0.974. The summed E-state index contributed by atoms with van der Waals surface area (Å²) in [7, 11) is 3.92. The second-order valence-corrected chi connectivity index (χ2v) is 4.79. The molecule has 0 amide bonds. The van der Waals surface area contributed by atoms with Gasteiger partial charge < -0.3 is 10.2 Å². The number of rotatable bonds is 5. The molecule has 0 aliphatic carbocycles. The lowest BCUT2D eigenvalue weighted by Gasteiger charge is -2.21. The van der Waals surface area contributed by atoms with Gasteiger partial charge in [0.05, 0.1) is 6.54 Å². The van der Waals surface area contributed by atoms with Gasteiger partial charge in [-0.15, -0.1) is 35.3 Å². The maximum Gasteiger partial charge on any atom is 0.193 e. The normalized spacial score (nSPS) is 10.9. The summed E-state index contributed by atoms with van der Waals surface area (Å²) >= 11 is 1.77. The van der Waals surface area contributed by atoms with Crippen molar-refractivity contribution in [1.82, 2.24) is 10.2 Å². The van der Waals surface area contributed by atoms with E-state index in [4.69, 9.17) is 0 Å². The molecular formula is C12H22IN3S. The van der Waals surface area contributed by atoms with Gasteiger partial charge in [0.25, 0.3) is 0 Å². The van der Waals surface area contributed by atoms with E-state index in [0.717, 1.165) is 19.0 Å². The molecule has 3 nitrogen and oxygen atoms in total. The van der Waals surface area contributed by atoms with Gasteiger partial charge in [-0.3, -0.25) is 4.99 Å². The highest BCUT2D eigenvalue weighted by atomic mass is 127. The second-order valence-electron chi connectivity index (χ2n) is 3.76. The van der Waals surface area contributed by atoms with Crippen LogP contribution in [0.3, 0.4) is 0 Å². The molecule has 0 bridgehead atoms. The first-order chi connectivity index (χ1) is 7.77. The van der Waals surface area contributed by atoms with Gasteiger partial charge in [-0.25, -0.2) is 0 Å². The summed E-state index contributed by atoms with van der Waals surface area (Å²) < 4.78 is 0. The van der Waals surface area contributed by atoms with Crippen molar-refractivity contribution in [2.24, 2.45) is 4.99 Å². The number of halogens is 1. The highest BCUT2D eigenvalue weighted by molar-refractivity contribution is 14.0. The third-order valence-electron chi connectivity index (χ3n) is 2.42. The molecule has 0 aromatic carbocycles. The summed E-state index contributed by atoms with van der Waals surface area (Å²) in [4.78, 5) is 7.79. The van der Waals surface area contributed by atoms with Gasteiger partial charge >= 0.3 is 0 Å². The quantitative estimate of drug-likeness (QED) is 0.492. The zero-order valence-electron chi connectivity index (χ0n) is 10.8. The van der Waals surface area contributed by atoms with Gasteiger partial charge in [-0.2, -0.15) is 0 Å². The van der Waals surface area contributed by atoms with Crippen LogP contribution in [0.4, 0.5) is 0 Å². The van der Waals surface area contributed by atoms with E-state index in [-0.39, 0.29) is 24.0 Å². The van der Waals surface area contributed by atoms with Gasteiger partial charge in [0.15, 0.2) is 5.96 Å². The first-order valence-electron chi connectivity index (χ1n) is 5.72. The van der Waals surface area contributed by atoms with E-state index in [0.29, 0.717) is 0 Å². The van der Waals surface area contributed by atoms with Crippen LogP contribution in [0.1, 0.15) is 24.6 Å². The first-order valence-corrected chi connectivity index (χ1v) is 6.60. The monoisotopic (exact) mass is 367 g/mol. The predicted molar refractivity (Wildman–Crippen MR) is 87.5 cm³/mol. The highest BCUT2D eigenvalue weighted by Gasteiger charge is 2.04. The zero-order chi connectivity index (χ0) is 11.8. The lowest BCUT2D eigenvalue weighted by Crippen LogP contribution is -2.38. The Balaban J connectivity index is 0.00000256. The Labute approximate surface area is 125 Å². The molecule has 0 saturated heterocycles. The van der Waals surface area contributed by atoms with E-state index in [9.17, 15) is 0 Å². The fourth-order valence-electron chi connectivity index (χ4n) is 1.47. The SMILES string of the molecule is CCCCN(C)C(=NC)NCc1cccs1.I. The molecule has 0 saturated carbocycles. The molecule has 1 rings (SSSR count). The first kappa shape index (κ1) is 16.7. The lowest BCUT2D eigenvalue weighted by atomic mass is 10.3. The largest absolute Gasteiger partial charge is 0.351 e. The van der Waals surface area contributed by atoms with Crippen molar-refractivity contribution < 1.29 is 0 Å². The van der Waals surface area contributed by atoms with Crippen molar-refractivity contribution >= 4 is 41.3 Å². The van der Waals surface area contributed by atoms with Crippen LogP contribution in [0, 0.1) is 0 Å². The summed E-state index contributed by atoms with van der Waals surface area (Å²) in [5, 5.41) is 5.46. The van der Waals surface area contributed by atoms with Gasteiger partial charge in [0, 0.05) is 25.5 Å². The molecular weight excluding hydrogens is 345 g/mol. The van der Waals surface area contributed by atoms with Gasteiger partial charge in [-0.05, 0) is 17.9 Å². The molecule has 5 heteroatoms. The Morgan fingerprint density at radius 1 is 1.53 bits per heavy atom. The molecule has 98 valence electrons. The fraction of sp³-hybridized carbons (Fsp3) is 0.583. The van der Waals surface area contributed by atoms with Crippen molar-refractivity contribution in [3.05, 3.63) is 22.4 Å². The molecule has 1 aromatic rings. The molecule has 1 heterocycles. The number of nitrogens with one attached hydrogen (secondary N) is 1. The van der Waals surface area contributed by atoms with Crippen molar-refractivity contribution in [1.29, 1.82) is 0 Å². The Kier molecular flexibility index (Phi) is 9.53. The number of unbranched alkanes of at least 4 members (excludes halogenated alkanes) is 1. The van der Waals surface area contributed by atoms with E-state index < -0.39 is 0 Å². The Morgan fingerprint density at radius 2 is 2.29 bits per heavy atom. The van der Waals surface area contributed by atoms with Gasteiger partial charge in [0.1, 0.15) is 0 Å². The minimum atomic E-state index is 0. The summed E-state index contributed by atoms with van der Waals surface area (Å²) in [6.07, 6.45) is 2.42. The van der Waals surface area contributed by atoms with Crippen LogP contribution in [0.2, 0.25) is 0 Å². The average Bonchev–Trinajstić information content (AvgIpc) is 2.80. The standard InChI is InChI=1S/C12H21N3S.HI/c1-4-5-8-15(3)12(13-2)14-10-11-7-6-9-16-11;/h6-7,9H,4-5,8,10H2,1-3H3,(H,13,14);1H. The van der Waals surface area contributed by atoms with Crippen LogP contribution in [-0.4, -0.2) is 31.5 Å². The van der Waals surface area contributed by atoms with Crippen LogP contribution < -0.4 is 5.32 Å². The smallest absolute Gasteiger partial charge is 0.193 e. The van der Waals surface area contributed by atoms with Crippen LogP contribution in [0.15, 0.2) is 22.5 Å². The van der Waals surface area contributed by atoms with Crippen molar-refractivity contribution in [2.45, 2.75) is 26.3 Å². The van der Waals surface area contributed by atoms with Crippen LogP contribution in [0.5, 0.6) is 0 Å². The number of nitrogens with zero attached hydrogens (tertiary/aromatic N) is 2. The number of hydrogen-bond acceptors (Lipinski definition) is 2. The van der Waals surface area contributed by atoms with E-state index in [2.05, 4.69) is 46.7 Å². The minimum absolute atomic E-state index is 0. The van der Waals surface area contributed by atoms with Gasteiger partial charge in [0.2, 0.25) is 0 Å². The molecule has 0 spiro atoms. The topological polar surface area (TPSA) is 27.6 Å². The molecule has 0 aliphatic rings. The molecule has 1 aromatic heterocycles.